The molecule has 2 aromatic rings. The van der Waals surface area contributed by atoms with Gasteiger partial charge in [0, 0.05) is 75.4 Å². The largest absolute Gasteiger partial charge is 0.299 e. The van der Waals surface area contributed by atoms with E-state index in [1.165, 1.54) is 23.1 Å². The Labute approximate surface area is 147 Å². The van der Waals surface area contributed by atoms with Crippen molar-refractivity contribution in [2.45, 2.75) is 31.8 Å². The first-order valence-corrected chi connectivity index (χ1v) is 9.05. The average Bonchev–Trinajstić information content (AvgIpc) is 3.48. The van der Waals surface area contributed by atoms with E-state index < -0.39 is 0 Å². The Morgan fingerprint density at radius 3 is 2.40 bits per heavy atom. The second-order valence-electron chi connectivity index (χ2n) is 6.93. The number of hydrogen-bond donors (Lipinski definition) is 0. The molecule has 2 aliphatic rings. The lowest BCUT2D eigenvalue weighted by Gasteiger charge is -2.34. The van der Waals surface area contributed by atoms with Crippen LogP contribution in [0.4, 0.5) is 0 Å². The molecule has 2 fully saturated rings. The molecule has 0 spiro atoms. The van der Waals surface area contributed by atoms with Crippen molar-refractivity contribution in [3.05, 3.63) is 52.5 Å². The highest BCUT2D eigenvalue weighted by atomic mass is 16.1. The topological polar surface area (TPSA) is 67.2 Å². The molecule has 0 aromatic carbocycles. The second kappa shape index (κ2) is 7.41. The molecule has 1 aliphatic carbocycles. The molecule has 0 N–H and O–H groups in total. The van der Waals surface area contributed by atoms with E-state index in [0.717, 1.165) is 45.1 Å². The monoisotopic (exact) mass is 340 g/mol. The molecule has 0 atom stereocenters. The Balaban J connectivity index is 1.22. The maximum Gasteiger partial charge on any atom is 0.266 e. The highest BCUT2D eigenvalue weighted by molar-refractivity contribution is 5.10. The molecule has 132 valence electrons. The van der Waals surface area contributed by atoms with Gasteiger partial charge in [0.25, 0.3) is 5.56 Å². The maximum absolute atomic E-state index is 11.7. The molecule has 7 heteroatoms. The lowest BCUT2D eigenvalue weighted by molar-refractivity contribution is 0.122. The van der Waals surface area contributed by atoms with Crippen LogP contribution in [0.15, 0.2) is 35.5 Å². The van der Waals surface area contributed by atoms with Crippen LogP contribution in [0.25, 0.3) is 0 Å². The Morgan fingerprint density at radius 1 is 1.00 bits per heavy atom. The zero-order valence-electron chi connectivity index (χ0n) is 14.4. The Morgan fingerprint density at radius 2 is 1.72 bits per heavy atom. The second-order valence-corrected chi connectivity index (χ2v) is 6.93. The molecular formula is C18H24N6O. The van der Waals surface area contributed by atoms with Gasteiger partial charge in [-0.05, 0) is 18.9 Å². The van der Waals surface area contributed by atoms with Crippen molar-refractivity contribution in [1.82, 2.24) is 29.5 Å². The molecule has 0 radical (unpaired) electrons. The zero-order chi connectivity index (χ0) is 17.1. The summed E-state index contributed by atoms with van der Waals surface area (Å²) in [6, 6.07) is 3.24. The van der Waals surface area contributed by atoms with Crippen LogP contribution in [0.1, 0.15) is 30.1 Å². The summed E-state index contributed by atoms with van der Waals surface area (Å²) in [4.78, 5) is 25.5. The highest BCUT2D eigenvalue weighted by Crippen LogP contribution is 2.37. The minimum atomic E-state index is -0.0317. The Kier molecular flexibility index (Phi) is 4.85. The van der Waals surface area contributed by atoms with Gasteiger partial charge in [-0.25, -0.2) is 14.6 Å². The van der Waals surface area contributed by atoms with E-state index in [9.17, 15) is 4.79 Å². The minimum absolute atomic E-state index is 0.0317. The number of aromatic nitrogens is 4. The van der Waals surface area contributed by atoms with Gasteiger partial charge in [-0.15, -0.1) is 0 Å². The van der Waals surface area contributed by atoms with Gasteiger partial charge in [0.1, 0.15) is 5.82 Å². The van der Waals surface area contributed by atoms with Crippen molar-refractivity contribution in [3.63, 3.8) is 0 Å². The number of piperazine rings is 1. The summed E-state index contributed by atoms with van der Waals surface area (Å²) in [5.41, 5.74) is 1.16. The number of nitrogens with zero attached hydrogens (tertiary/aromatic N) is 6. The third kappa shape index (κ3) is 4.29. The first kappa shape index (κ1) is 16.4. The van der Waals surface area contributed by atoms with Gasteiger partial charge in [0.05, 0.1) is 6.54 Å². The van der Waals surface area contributed by atoms with E-state index in [-0.39, 0.29) is 5.56 Å². The smallest absolute Gasteiger partial charge is 0.266 e. The van der Waals surface area contributed by atoms with E-state index in [1.807, 2.05) is 12.4 Å². The lowest BCUT2D eigenvalue weighted by atomic mass is 10.2. The summed E-state index contributed by atoms with van der Waals surface area (Å²) in [6.07, 6.45) is 8.12. The van der Waals surface area contributed by atoms with Crippen LogP contribution in [0, 0.1) is 0 Å². The lowest BCUT2D eigenvalue weighted by Crippen LogP contribution is -2.47. The number of hydrogen-bond acceptors (Lipinski definition) is 6. The molecule has 0 unspecified atom stereocenters. The molecule has 7 nitrogen and oxygen atoms in total. The molecule has 0 bridgehead atoms. The molecule has 3 heterocycles. The van der Waals surface area contributed by atoms with Gasteiger partial charge in [-0.3, -0.25) is 14.6 Å². The fourth-order valence-electron chi connectivity index (χ4n) is 3.22. The fourth-order valence-corrected chi connectivity index (χ4v) is 3.22. The summed E-state index contributed by atoms with van der Waals surface area (Å²) in [5, 5.41) is 4.11. The van der Waals surface area contributed by atoms with Crippen molar-refractivity contribution in [2.24, 2.45) is 0 Å². The molecule has 1 aliphatic heterocycles. The van der Waals surface area contributed by atoms with Crippen LogP contribution >= 0.6 is 0 Å². The van der Waals surface area contributed by atoms with Crippen molar-refractivity contribution in [3.8, 4) is 0 Å². The molecule has 0 amide bonds. The third-order valence-corrected chi connectivity index (χ3v) is 4.95. The summed E-state index contributed by atoms with van der Waals surface area (Å²) >= 11 is 0. The molecular weight excluding hydrogens is 316 g/mol. The van der Waals surface area contributed by atoms with Crippen LogP contribution in [-0.4, -0.2) is 62.3 Å². The predicted octanol–water partition coefficient (Wildman–Crippen LogP) is 0.728. The maximum atomic E-state index is 11.7. The molecule has 1 saturated carbocycles. The SMILES string of the molecule is O=c1cccnn1CCN1CCN(Cc2cnc(C3CC3)nc2)CC1. The van der Waals surface area contributed by atoms with Gasteiger partial charge >= 0.3 is 0 Å². The van der Waals surface area contributed by atoms with Crippen LogP contribution in [0.5, 0.6) is 0 Å². The standard InChI is InChI=1S/C18H24N6O/c25-17-2-1-5-21-24(17)11-10-22-6-8-23(9-7-22)14-15-12-19-18(20-13-15)16-3-4-16/h1-2,5,12-13,16H,3-4,6-11,14H2. The molecule has 25 heavy (non-hydrogen) atoms. The van der Waals surface area contributed by atoms with E-state index in [4.69, 9.17) is 0 Å². The van der Waals surface area contributed by atoms with Gasteiger partial charge in [-0.1, -0.05) is 0 Å². The quantitative estimate of drug-likeness (QED) is 0.772. The summed E-state index contributed by atoms with van der Waals surface area (Å²) in [6.45, 7) is 6.52. The normalized spacial score (nSPS) is 19.2. The first-order valence-electron chi connectivity index (χ1n) is 9.05. The van der Waals surface area contributed by atoms with Crippen LogP contribution in [0.2, 0.25) is 0 Å². The minimum Gasteiger partial charge on any atom is -0.299 e. The summed E-state index contributed by atoms with van der Waals surface area (Å²) in [5.74, 6) is 1.63. The Bertz CT molecular complexity index is 747. The predicted molar refractivity (Wildman–Crippen MR) is 94.2 cm³/mol. The zero-order valence-corrected chi connectivity index (χ0v) is 14.4. The average molecular weight is 340 g/mol. The molecule has 4 rings (SSSR count). The van der Waals surface area contributed by atoms with Crippen molar-refractivity contribution in [1.29, 1.82) is 0 Å². The van der Waals surface area contributed by atoms with Crippen LogP contribution in [0.3, 0.4) is 0 Å². The van der Waals surface area contributed by atoms with Crippen molar-refractivity contribution in [2.75, 3.05) is 32.7 Å². The molecule has 2 aromatic heterocycles. The van der Waals surface area contributed by atoms with Gasteiger partial charge in [0.15, 0.2) is 0 Å². The van der Waals surface area contributed by atoms with E-state index in [2.05, 4.69) is 24.9 Å². The van der Waals surface area contributed by atoms with Crippen molar-refractivity contribution < 1.29 is 0 Å². The first-order chi connectivity index (χ1) is 12.3. The van der Waals surface area contributed by atoms with E-state index >= 15 is 0 Å². The summed E-state index contributed by atoms with van der Waals surface area (Å²) in [7, 11) is 0. The van der Waals surface area contributed by atoms with Crippen LogP contribution in [-0.2, 0) is 13.1 Å². The number of rotatable bonds is 6. The molecule has 1 saturated heterocycles. The highest BCUT2D eigenvalue weighted by Gasteiger charge is 2.26. The Hall–Kier alpha value is -2.12. The van der Waals surface area contributed by atoms with Gasteiger partial charge < -0.3 is 0 Å². The van der Waals surface area contributed by atoms with Crippen LogP contribution < -0.4 is 5.56 Å². The van der Waals surface area contributed by atoms with Crippen molar-refractivity contribution >= 4 is 0 Å². The van der Waals surface area contributed by atoms with E-state index in [0.29, 0.717) is 12.5 Å². The third-order valence-electron chi connectivity index (χ3n) is 4.95. The van der Waals surface area contributed by atoms with Gasteiger partial charge in [0.2, 0.25) is 0 Å². The summed E-state index contributed by atoms with van der Waals surface area (Å²) < 4.78 is 1.53. The fraction of sp³-hybridized carbons (Fsp3) is 0.556. The van der Waals surface area contributed by atoms with E-state index in [1.54, 1.807) is 18.3 Å². The van der Waals surface area contributed by atoms with Gasteiger partial charge in [-0.2, -0.15) is 5.10 Å².